The van der Waals surface area contributed by atoms with Gasteiger partial charge in [0.1, 0.15) is 11.5 Å². The quantitative estimate of drug-likeness (QED) is 0.835. The van der Waals surface area contributed by atoms with Crippen molar-refractivity contribution >= 4 is 17.5 Å². The van der Waals surface area contributed by atoms with Crippen LogP contribution in [0.25, 0.3) is 0 Å². The van der Waals surface area contributed by atoms with Gasteiger partial charge in [-0.25, -0.2) is 0 Å². The number of primary amides is 1. The lowest BCUT2D eigenvalue weighted by molar-refractivity contribution is -0.133. The van der Waals surface area contributed by atoms with Gasteiger partial charge in [-0.05, 0) is 36.4 Å². The standard InChI is InChI=1S/C20H23N3O4/c1-26-18-5-3-2-4-17(18)22-10-12-23(13-11-22)19(24)14-27-16-8-6-15(7-9-16)20(21)25/h2-9H,10-14H2,1H3,(H2,21,25). The maximum absolute atomic E-state index is 12.4. The summed E-state index contributed by atoms with van der Waals surface area (Å²) in [6, 6.07) is 14.3. The fraction of sp³-hybridized carbons (Fsp3) is 0.300. The summed E-state index contributed by atoms with van der Waals surface area (Å²) >= 11 is 0. The van der Waals surface area contributed by atoms with Crippen LogP contribution in [0, 0.1) is 0 Å². The van der Waals surface area contributed by atoms with Crippen LogP contribution in [-0.2, 0) is 4.79 Å². The van der Waals surface area contributed by atoms with Crippen LogP contribution < -0.4 is 20.1 Å². The fourth-order valence-electron chi connectivity index (χ4n) is 3.04. The molecule has 1 aliphatic rings. The molecule has 0 aromatic heterocycles. The Bertz CT molecular complexity index is 799. The lowest BCUT2D eigenvalue weighted by Gasteiger charge is -2.36. The van der Waals surface area contributed by atoms with Gasteiger partial charge in [-0.3, -0.25) is 9.59 Å². The zero-order valence-electron chi connectivity index (χ0n) is 15.3. The van der Waals surface area contributed by atoms with Gasteiger partial charge >= 0.3 is 0 Å². The highest BCUT2D eigenvalue weighted by Crippen LogP contribution is 2.28. The fourth-order valence-corrected chi connectivity index (χ4v) is 3.04. The molecule has 1 aliphatic heterocycles. The van der Waals surface area contributed by atoms with E-state index in [4.69, 9.17) is 15.2 Å². The normalized spacial score (nSPS) is 14.0. The average Bonchev–Trinajstić information content (AvgIpc) is 2.72. The van der Waals surface area contributed by atoms with Gasteiger partial charge in [-0.1, -0.05) is 12.1 Å². The van der Waals surface area contributed by atoms with E-state index in [-0.39, 0.29) is 12.5 Å². The van der Waals surface area contributed by atoms with E-state index in [2.05, 4.69) is 4.90 Å². The Morgan fingerprint density at radius 3 is 2.30 bits per heavy atom. The number of amides is 2. The van der Waals surface area contributed by atoms with Crippen LogP contribution in [0.1, 0.15) is 10.4 Å². The number of anilines is 1. The predicted molar refractivity (Wildman–Crippen MR) is 102 cm³/mol. The second-order valence-corrected chi connectivity index (χ2v) is 6.22. The first-order chi connectivity index (χ1) is 13.1. The summed E-state index contributed by atoms with van der Waals surface area (Å²) < 4.78 is 10.9. The summed E-state index contributed by atoms with van der Waals surface area (Å²) in [6.07, 6.45) is 0. The van der Waals surface area contributed by atoms with E-state index >= 15 is 0 Å². The summed E-state index contributed by atoms with van der Waals surface area (Å²) in [5.41, 5.74) is 6.65. The number of para-hydroxylation sites is 2. The molecule has 0 atom stereocenters. The number of methoxy groups -OCH3 is 1. The number of hydrogen-bond acceptors (Lipinski definition) is 5. The zero-order chi connectivity index (χ0) is 19.2. The molecule has 27 heavy (non-hydrogen) atoms. The van der Waals surface area contributed by atoms with Gasteiger partial charge < -0.3 is 25.0 Å². The Morgan fingerprint density at radius 2 is 1.67 bits per heavy atom. The molecule has 7 nitrogen and oxygen atoms in total. The van der Waals surface area contributed by atoms with Crippen molar-refractivity contribution < 1.29 is 19.1 Å². The number of carbonyl (C=O) groups excluding carboxylic acids is 2. The molecule has 3 rings (SSSR count). The minimum atomic E-state index is -0.495. The molecule has 0 aliphatic carbocycles. The molecule has 2 N–H and O–H groups in total. The smallest absolute Gasteiger partial charge is 0.260 e. The first-order valence-electron chi connectivity index (χ1n) is 8.77. The van der Waals surface area contributed by atoms with E-state index in [0.717, 1.165) is 24.5 Å². The number of hydrogen-bond donors (Lipinski definition) is 1. The number of nitrogens with two attached hydrogens (primary N) is 1. The van der Waals surface area contributed by atoms with Crippen LogP contribution in [0.3, 0.4) is 0 Å². The molecule has 0 unspecified atom stereocenters. The van der Waals surface area contributed by atoms with E-state index in [9.17, 15) is 9.59 Å². The number of benzene rings is 2. The van der Waals surface area contributed by atoms with Gasteiger partial charge in [0.25, 0.3) is 5.91 Å². The number of piperazine rings is 1. The third-order valence-corrected chi connectivity index (χ3v) is 4.56. The number of ether oxygens (including phenoxy) is 2. The monoisotopic (exact) mass is 369 g/mol. The van der Waals surface area contributed by atoms with E-state index in [1.165, 1.54) is 0 Å². The lowest BCUT2D eigenvalue weighted by Crippen LogP contribution is -2.50. The van der Waals surface area contributed by atoms with Crippen LogP contribution in [0.15, 0.2) is 48.5 Å². The number of nitrogens with zero attached hydrogens (tertiary/aromatic N) is 2. The Labute approximate surface area is 158 Å². The molecule has 1 heterocycles. The van der Waals surface area contributed by atoms with Crippen LogP contribution in [0.4, 0.5) is 5.69 Å². The Balaban J connectivity index is 1.50. The van der Waals surface area contributed by atoms with E-state index in [0.29, 0.717) is 24.4 Å². The third-order valence-electron chi connectivity index (χ3n) is 4.56. The van der Waals surface area contributed by atoms with Crippen molar-refractivity contribution in [3.05, 3.63) is 54.1 Å². The van der Waals surface area contributed by atoms with E-state index in [1.807, 2.05) is 24.3 Å². The molecule has 2 amide bonds. The second kappa shape index (κ2) is 8.44. The molecule has 1 saturated heterocycles. The van der Waals surface area contributed by atoms with Crippen molar-refractivity contribution in [2.75, 3.05) is 44.8 Å². The highest BCUT2D eigenvalue weighted by molar-refractivity contribution is 5.92. The first kappa shape index (κ1) is 18.6. The summed E-state index contributed by atoms with van der Waals surface area (Å²) in [5.74, 6) is 0.806. The van der Waals surface area contributed by atoms with Gasteiger partial charge in [0.15, 0.2) is 6.61 Å². The second-order valence-electron chi connectivity index (χ2n) is 6.22. The Kier molecular flexibility index (Phi) is 5.80. The molecular weight excluding hydrogens is 346 g/mol. The lowest BCUT2D eigenvalue weighted by atomic mass is 10.2. The van der Waals surface area contributed by atoms with Crippen LogP contribution >= 0.6 is 0 Å². The van der Waals surface area contributed by atoms with Crippen molar-refractivity contribution in [1.29, 1.82) is 0 Å². The molecular formula is C20H23N3O4. The Hall–Kier alpha value is -3.22. The molecule has 0 spiro atoms. The molecule has 0 radical (unpaired) electrons. The third kappa shape index (κ3) is 4.49. The van der Waals surface area contributed by atoms with Crippen LogP contribution in [0.2, 0.25) is 0 Å². The highest BCUT2D eigenvalue weighted by atomic mass is 16.5. The molecule has 142 valence electrons. The zero-order valence-corrected chi connectivity index (χ0v) is 15.3. The Morgan fingerprint density at radius 1 is 1.00 bits per heavy atom. The number of rotatable bonds is 6. The van der Waals surface area contributed by atoms with Crippen molar-refractivity contribution in [1.82, 2.24) is 4.90 Å². The summed E-state index contributed by atoms with van der Waals surface area (Å²) in [6.45, 7) is 2.69. The predicted octanol–water partition coefficient (Wildman–Crippen LogP) is 1.52. The molecule has 7 heteroatoms. The minimum Gasteiger partial charge on any atom is -0.495 e. The topological polar surface area (TPSA) is 85.1 Å². The maximum Gasteiger partial charge on any atom is 0.260 e. The maximum atomic E-state index is 12.4. The summed E-state index contributed by atoms with van der Waals surface area (Å²) in [4.78, 5) is 27.5. The molecule has 0 saturated carbocycles. The van der Waals surface area contributed by atoms with Crippen molar-refractivity contribution in [3.8, 4) is 11.5 Å². The first-order valence-corrected chi connectivity index (χ1v) is 8.77. The summed E-state index contributed by atoms with van der Waals surface area (Å²) in [7, 11) is 1.66. The molecule has 2 aromatic rings. The largest absolute Gasteiger partial charge is 0.495 e. The highest BCUT2D eigenvalue weighted by Gasteiger charge is 2.23. The van der Waals surface area contributed by atoms with Crippen LogP contribution in [-0.4, -0.2) is 56.6 Å². The van der Waals surface area contributed by atoms with Gasteiger partial charge in [-0.15, -0.1) is 0 Å². The average molecular weight is 369 g/mol. The van der Waals surface area contributed by atoms with Gasteiger partial charge in [-0.2, -0.15) is 0 Å². The molecule has 2 aromatic carbocycles. The van der Waals surface area contributed by atoms with Crippen molar-refractivity contribution in [3.63, 3.8) is 0 Å². The summed E-state index contributed by atoms with van der Waals surface area (Å²) in [5, 5.41) is 0. The minimum absolute atomic E-state index is 0.0371. The molecule has 0 bridgehead atoms. The van der Waals surface area contributed by atoms with Gasteiger partial charge in [0, 0.05) is 31.7 Å². The van der Waals surface area contributed by atoms with Crippen molar-refractivity contribution in [2.45, 2.75) is 0 Å². The SMILES string of the molecule is COc1ccccc1N1CCN(C(=O)COc2ccc(C(N)=O)cc2)CC1. The van der Waals surface area contributed by atoms with Crippen molar-refractivity contribution in [2.24, 2.45) is 5.73 Å². The molecule has 1 fully saturated rings. The van der Waals surface area contributed by atoms with E-state index in [1.54, 1.807) is 36.3 Å². The van der Waals surface area contributed by atoms with Crippen LogP contribution in [0.5, 0.6) is 11.5 Å². The van der Waals surface area contributed by atoms with E-state index < -0.39 is 5.91 Å². The van der Waals surface area contributed by atoms with Gasteiger partial charge in [0.05, 0.1) is 12.8 Å². The number of carbonyl (C=O) groups is 2. The van der Waals surface area contributed by atoms with Gasteiger partial charge in [0.2, 0.25) is 5.91 Å².